The molecule has 1 aromatic rings. The van der Waals surface area contributed by atoms with Gasteiger partial charge in [-0.05, 0) is 43.4 Å². The minimum Gasteiger partial charge on any atom is -0.395 e. The van der Waals surface area contributed by atoms with Crippen molar-refractivity contribution in [2.45, 2.75) is 31.7 Å². The van der Waals surface area contributed by atoms with Crippen LogP contribution in [0.3, 0.4) is 0 Å². The quantitative estimate of drug-likeness (QED) is 0.716. The molecule has 0 radical (unpaired) electrons. The normalized spacial score (nSPS) is 31.1. The molecular formula is C17H24N4O2. The van der Waals surface area contributed by atoms with Crippen LogP contribution in [0.15, 0.2) is 17.8 Å². The number of nitrogens with one attached hydrogen (secondary N) is 2. The molecule has 3 N–H and O–H groups in total. The Morgan fingerprint density at radius 2 is 2.35 bits per heavy atom. The summed E-state index contributed by atoms with van der Waals surface area (Å²) in [6.07, 6.45) is 8.83. The number of aliphatic hydroxyl groups excluding tert-OH is 1. The fourth-order valence-corrected chi connectivity index (χ4v) is 4.74. The van der Waals surface area contributed by atoms with Crippen LogP contribution in [-0.4, -0.2) is 40.0 Å². The van der Waals surface area contributed by atoms with Crippen molar-refractivity contribution in [1.82, 2.24) is 15.1 Å². The first kappa shape index (κ1) is 14.8. The van der Waals surface area contributed by atoms with Crippen molar-refractivity contribution in [3.05, 3.63) is 23.4 Å². The van der Waals surface area contributed by atoms with E-state index >= 15 is 0 Å². The second-order valence-electron chi connectivity index (χ2n) is 7.09. The van der Waals surface area contributed by atoms with Gasteiger partial charge in [-0.1, -0.05) is 11.6 Å². The highest BCUT2D eigenvalue weighted by Crippen LogP contribution is 2.54. The molecule has 0 saturated heterocycles. The van der Waals surface area contributed by atoms with E-state index in [9.17, 15) is 4.79 Å². The van der Waals surface area contributed by atoms with Crippen LogP contribution in [0, 0.1) is 17.8 Å². The van der Waals surface area contributed by atoms with Crippen LogP contribution in [0.1, 0.15) is 36.0 Å². The molecule has 6 nitrogen and oxygen atoms in total. The molecule has 4 atom stereocenters. The molecule has 124 valence electrons. The number of nitrogens with zero attached hydrogens (tertiary/aromatic N) is 2. The third-order valence-electron chi connectivity index (χ3n) is 5.78. The minimum absolute atomic E-state index is 0.0220. The maximum absolute atomic E-state index is 12.7. The van der Waals surface area contributed by atoms with Crippen molar-refractivity contribution in [3.8, 4) is 0 Å². The molecule has 23 heavy (non-hydrogen) atoms. The molecular weight excluding hydrogens is 292 g/mol. The van der Waals surface area contributed by atoms with E-state index in [0.717, 1.165) is 12.3 Å². The maximum atomic E-state index is 12.7. The van der Waals surface area contributed by atoms with Gasteiger partial charge in [0.1, 0.15) is 11.4 Å². The Hall–Kier alpha value is -1.82. The molecule has 0 spiro atoms. The number of carbonyl (C=O) groups excluding carboxylic acids is 1. The van der Waals surface area contributed by atoms with E-state index in [4.69, 9.17) is 5.11 Å². The van der Waals surface area contributed by atoms with E-state index in [1.54, 1.807) is 23.5 Å². The molecule has 2 saturated carbocycles. The molecule has 3 aliphatic rings. The summed E-state index contributed by atoms with van der Waals surface area (Å²) in [6, 6.07) is 0.259. The number of aliphatic hydroxyl groups is 1. The van der Waals surface area contributed by atoms with Gasteiger partial charge in [0.2, 0.25) is 0 Å². The van der Waals surface area contributed by atoms with Crippen LogP contribution in [0.5, 0.6) is 0 Å². The smallest absolute Gasteiger partial charge is 0.256 e. The lowest BCUT2D eigenvalue weighted by atomic mass is 9.89. The van der Waals surface area contributed by atoms with Gasteiger partial charge in [-0.25, -0.2) is 0 Å². The highest BCUT2D eigenvalue weighted by atomic mass is 16.3. The number of amides is 1. The molecule has 3 aliphatic carbocycles. The number of aryl methyl sites for hydroxylation is 1. The minimum atomic E-state index is -0.0624. The largest absolute Gasteiger partial charge is 0.395 e. The van der Waals surface area contributed by atoms with Gasteiger partial charge in [-0.15, -0.1) is 0 Å². The van der Waals surface area contributed by atoms with E-state index in [-0.39, 0.29) is 18.6 Å². The fourth-order valence-electron chi connectivity index (χ4n) is 4.74. The van der Waals surface area contributed by atoms with Crippen molar-refractivity contribution in [1.29, 1.82) is 0 Å². The molecule has 1 aromatic heterocycles. The summed E-state index contributed by atoms with van der Waals surface area (Å²) in [4.78, 5) is 12.7. The Labute approximate surface area is 135 Å². The summed E-state index contributed by atoms with van der Waals surface area (Å²) >= 11 is 0. The third-order valence-corrected chi connectivity index (χ3v) is 5.78. The van der Waals surface area contributed by atoms with Crippen LogP contribution in [-0.2, 0) is 7.05 Å². The second-order valence-corrected chi connectivity index (χ2v) is 7.09. The maximum Gasteiger partial charge on any atom is 0.256 e. The number of fused-ring (bicyclic) bond motifs is 1. The topological polar surface area (TPSA) is 79.2 Å². The SMILES string of the molecule is Cn1ncc(C(=O)NC2CC3=CCC4CC3C2C4)c1NCCO. The van der Waals surface area contributed by atoms with Gasteiger partial charge >= 0.3 is 0 Å². The summed E-state index contributed by atoms with van der Waals surface area (Å²) in [5, 5.41) is 19.5. The highest BCUT2D eigenvalue weighted by Gasteiger charge is 2.48. The van der Waals surface area contributed by atoms with Crippen LogP contribution in [0.4, 0.5) is 5.82 Å². The lowest BCUT2D eigenvalue weighted by molar-refractivity contribution is 0.0926. The summed E-state index contributed by atoms with van der Waals surface area (Å²) in [7, 11) is 1.79. The zero-order chi connectivity index (χ0) is 16.0. The third kappa shape index (κ3) is 2.45. The second kappa shape index (κ2) is 5.67. The van der Waals surface area contributed by atoms with Gasteiger partial charge < -0.3 is 15.7 Å². The molecule has 1 amide bonds. The van der Waals surface area contributed by atoms with Crippen LogP contribution in [0.2, 0.25) is 0 Å². The number of aromatic nitrogens is 2. The monoisotopic (exact) mass is 316 g/mol. The number of allylic oxidation sites excluding steroid dienone is 1. The van der Waals surface area contributed by atoms with Crippen LogP contribution < -0.4 is 10.6 Å². The lowest BCUT2D eigenvalue weighted by Crippen LogP contribution is -2.38. The fraction of sp³-hybridized carbons (Fsp3) is 0.647. The first-order valence-electron chi connectivity index (χ1n) is 8.54. The average Bonchev–Trinajstić information content (AvgIpc) is 3.16. The van der Waals surface area contributed by atoms with E-state index in [1.807, 2.05) is 0 Å². The Morgan fingerprint density at radius 1 is 1.48 bits per heavy atom. The predicted octanol–water partition coefficient (Wildman–Crippen LogP) is 1.30. The Balaban J connectivity index is 1.49. The van der Waals surface area contributed by atoms with E-state index in [1.165, 1.54) is 19.3 Å². The lowest BCUT2D eigenvalue weighted by Gasteiger charge is -2.21. The van der Waals surface area contributed by atoms with Crippen molar-refractivity contribution >= 4 is 11.7 Å². The number of carbonyl (C=O) groups is 1. The molecule has 0 aromatic carbocycles. The molecule has 1 heterocycles. The van der Waals surface area contributed by atoms with Crippen LogP contribution in [0.25, 0.3) is 0 Å². The first-order valence-corrected chi connectivity index (χ1v) is 8.54. The summed E-state index contributed by atoms with van der Waals surface area (Å²) in [6.45, 7) is 0.427. The number of hydrogen-bond donors (Lipinski definition) is 3. The van der Waals surface area contributed by atoms with Gasteiger partial charge in [0, 0.05) is 19.6 Å². The number of anilines is 1. The standard InChI is InChI=1S/C17H24N4O2/c1-21-16(18-4-5-22)14(9-19-21)17(23)20-15-8-11-3-2-10-6-12(11)13(15)7-10/h3,9-10,12-13,15,18,22H,2,4-8H2,1H3,(H,20,23). The Bertz CT molecular complexity index is 651. The number of rotatable bonds is 5. The van der Waals surface area contributed by atoms with Gasteiger partial charge in [0.15, 0.2) is 0 Å². The summed E-state index contributed by atoms with van der Waals surface area (Å²) in [5.74, 6) is 2.75. The molecule has 2 bridgehead atoms. The molecule has 0 aliphatic heterocycles. The molecule has 4 unspecified atom stereocenters. The summed E-state index contributed by atoms with van der Waals surface area (Å²) in [5.41, 5.74) is 2.13. The van der Waals surface area contributed by atoms with Gasteiger partial charge in [0.05, 0.1) is 12.8 Å². The van der Waals surface area contributed by atoms with Crippen molar-refractivity contribution in [2.75, 3.05) is 18.5 Å². The van der Waals surface area contributed by atoms with E-state index < -0.39 is 0 Å². The number of hydrogen-bond acceptors (Lipinski definition) is 4. The molecule has 4 rings (SSSR count). The Kier molecular flexibility index (Phi) is 3.64. The zero-order valence-corrected chi connectivity index (χ0v) is 13.5. The first-order chi connectivity index (χ1) is 11.2. The van der Waals surface area contributed by atoms with Crippen molar-refractivity contribution in [2.24, 2.45) is 24.8 Å². The average molecular weight is 316 g/mol. The van der Waals surface area contributed by atoms with Crippen molar-refractivity contribution in [3.63, 3.8) is 0 Å². The predicted molar refractivity (Wildman–Crippen MR) is 87.1 cm³/mol. The molecule has 2 fully saturated rings. The van der Waals surface area contributed by atoms with Crippen LogP contribution >= 0.6 is 0 Å². The van der Waals surface area contributed by atoms with Gasteiger partial charge in [0.25, 0.3) is 5.91 Å². The Morgan fingerprint density at radius 3 is 3.17 bits per heavy atom. The van der Waals surface area contributed by atoms with E-state index in [2.05, 4.69) is 21.8 Å². The molecule has 6 heteroatoms. The zero-order valence-electron chi connectivity index (χ0n) is 13.5. The van der Waals surface area contributed by atoms with E-state index in [0.29, 0.717) is 29.8 Å². The van der Waals surface area contributed by atoms with Gasteiger partial charge in [-0.3, -0.25) is 9.48 Å². The van der Waals surface area contributed by atoms with Crippen molar-refractivity contribution < 1.29 is 9.90 Å². The van der Waals surface area contributed by atoms with Gasteiger partial charge in [-0.2, -0.15) is 5.10 Å². The summed E-state index contributed by atoms with van der Waals surface area (Å²) < 4.78 is 1.64. The highest BCUT2D eigenvalue weighted by molar-refractivity contribution is 5.99.